The second-order valence-electron chi connectivity index (χ2n) is 7.26. The van der Waals surface area contributed by atoms with Crippen LogP contribution in [0.25, 0.3) is 0 Å². The molecule has 0 saturated heterocycles. The Bertz CT molecular complexity index is 1210. The van der Waals surface area contributed by atoms with Crippen molar-refractivity contribution in [2.45, 2.75) is 18.1 Å². The van der Waals surface area contributed by atoms with E-state index in [1.807, 2.05) is 4.57 Å². The molecular formula is C24H25N5O5S. The first-order valence-electron chi connectivity index (χ1n) is 10.6. The van der Waals surface area contributed by atoms with E-state index < -0.39 is 5.97 Å². The molecular weight excluding hydrogens is 470 g/mol. The van der Waals surface area contributed by atoms with Gasteiger partial charge >= 0.3 is 5.97 Å². The molecule has 11 heteroatoms. The summed E-state index contributed by atoms with van der Waals surface area (Å²) in [5.74, 6) is -0.204. The summed E-state index contributed by atoms with van der Waals surface area (Å²) in [6.07, 6.45) is 2.14. The number of aromatic nitrogens is 3. The van der Waals surface area contributed by atoms with Crippen LogP contribution in [-0.2, 0) is 17.8 Å². The molecule has 0 bridgehead atoms. The molecule has 0 unspecified atom stereocenters. The fraction of sp³-hybridized carbons (Fsp3) is 0.208. The second kappa shape index (κ2) is 12.4. The summed E-state index contributed by atoms with van der Waals surface area (Å²) in [5, 5.41) is 23.5. The minimum Gasteiger partial charge on any atom is -0.497 e. The molecule has 10 nitrogen and oxygen atoms in total. The molecule has 0 aliphatic carbocycles. The lowest BCUT2D eigenvalue weighted by Gasteiger charge is -2.09. The molecule has 1 aromatic heterocycles. The third-order valence-corrected chi connectivity index (χ3v) is 5.78. The van der Waals surface area contributed by atoms with Gasteiger partial charge in [0.1, 0.15) is 11.6 Å². The van der Waals surface area contributed by atoms with Gasteiger partial charge in [-0.2, -0.15) is 0 Å². The first-order valence-corrected chi connectivity index (χ1v) is 11.6. The molecule has 182 valence electrons. The van der Waals surface area contributed by atoms with Crippen LogP contribution in [0.1, 0.15) is 26.5 Å². The Labute approximate surface area is 206 Å². The molecule has 0 fully saturated rings. The Morgan fingerprint density at radius 2 is 1.91 bits per heavy atom. The van der Waals surface area contributed by atoms with Crippen molar-refractivity contribution in [3.05, 3.63) is 78.1 Å². The van der Waals surface area contributed by atoms with Gasteiger partial charge in [0.25, 0.3) is 5.91 Å². The van der Waals surface area contributed by atoms with Crippen molar-refractivity contribution >= 4 is 35.2 Å². The van der Waals surface area contributed by atoms with Gasteiger partial charge in [-0.05, 0) is 42.5 Å². The van der Waals surface area contributed by atoms with Gasteiger partial charge in [0, 0.05) is 30.8 Å². The summed E-state index contributed by atoms with van der Waals surface area (Å²) in [6.45, 7) is 4.56. The van der Waals surface area contributed by atoms with Gasteiger partial charge in [-0.15, -0.1) is 16.8 Å². The molecule has 2 aromatic carbocycles. The molecule has 1 heterocycles. The van der Waals surface area contributed by atoms with Gasteiger partial charge in [0.2, 0.25) is 5.91 Å². The largest absolute Gasteiger partial charge is 0.497 e. The summed E-state index contributed by atoms with van der Waals surface area (Å²) in [5.41, 5.74) is 1.01. The van der Waals surface area contributed by atoms with Gasteiger partial charge in [0.05, 0.1) is 18.4 Å². The van der Waals surface area contributed by atoms with Crippen molar-refractivity contribution < 1.29 is 24.2 Å². The van der Waals surface area contributed by atoms with Crippen LogP contribution in [0.3, 0.4) is 0 Å². The maximum Gasteiger partial charge on any atom is 0.335 e. The Morgan fingerprint density at radius 3 is 2.60 bits per heavy atom. The highest BCUT2D eigenvalue weighted by molar-refractivity contribution is 7.99. The average Bonchev–Trinajstić information content (AvgIpc) is 3.24. The quantitative estimate of drug-likeness (QED) is 0.258. The molecule has 35 heavy (non-hydrogen) atoms. The van der Waals surface area contributed by atoms with E-state index >= 15 is 0 Å². The van der Waals surface area contributed by atoms with Crippen LogP contribution in [0.15, 0.2) is 66.3 Å². The van der Waals surface area contributed by atoms with E-state index in [9.17, 15) is 14.4 Å². The number of methoxy groups -OCH3 is 1. The monoisotopic (exact) mass is 495 g/mol. The number of nitrogens with zero attached hydrogens (tertiary/aromatic N) is 3. The van der Waals surface area contributed by atoms with E-state index in [2.05, 4.69) is 27.4 Å². The van der Waals surface area contributed by atoms with E-state index in [0.717, 1.165) is 0 Å². The van der Waals surface area contributed by atoms with Gasteiger partial charge in [-0.1, -0.05) is 23.9 Å². The van der Waals surface area contributed by atoms with Crippen molar-refractivity contribution in [1.29, 1.82) is 0 Å². The van der Waals surface area contributed by atoms with Crippen LogP contribution in [0.5, 0.6) is 5.75 Å². The number of nitrogens with one attached hydrogen (secondary N) is 2. The van der Waals surface area contributed by atoms with E-state index in [1.165, 1.54) is 23.9 Å². The molecule has 3 rings (SSSR count). The molecule has 2 amide bonds. The zero-order valence-electron chi connectivity index (χ0n) is 19.1. The number of rotatable bonds is 12. The lowest BCUT2D eigenvalue weighted by molar-refractivity contribution is -0.113. The Morgan fingerprint density at radius 1 is 1.14 bits per heavy atom. The van der Waals surface area contributed by atoms with Crippen molar-refractivity contribution in [2.24, 2.45) is 0 Å². The molecule has 3 aromatic rings. The number of carboxylic acid groups (broad SMARTS) is 1. The van der Waals surface area contributed by atoms with Crippen molar-refractivity contribution in [3.63, 3.8) is 0 Å². The lowest BCUT2D eigenvalue weighted by atomic mass is 10.2. The first kappa shape index (κ1) is 25.5. The fourth-order valence-corrected chi connectivity index (χ4v) is 3.88. The first-order chi connectivity index (χ1) is 16.9. The van der Waals surface area contributed by atoms with Crippen LogP contribution >= 0.6 is 11.8 Å². The van der Waals surface area contributed by atoms with Crippen molar-refractivity contribution in [1.82, 2.24) is 20.1 Å². The number of carbonyl (C=O) groups is 3. The highest BCUT2D eigenvalue weighted by atomic mass is 32.2. The van der Waals surface area contributed by atoms with Crippen molar-refractivity contribution in [2.75, 3.05) is 24.7 Å². The van der Waals surface area contributed by atoms with Crippen molar-refractivity contribution in [3.8, 4) is 5.75 Å². The average molecular weight is 496 g/mol. The Balaban J connectivity index is 1.55. The third-order valence-electron chi connectivity index (χ3n) is 4.82. The minimum absolute atomic E-state index is 0.0563. The third kappa shape index (κ3) is 7.18. The predicted octanol–water partition coefficient (Wildman–Crippen LogP) is 2.87. The zero-order chi connectivity index (χ0) is 25.2. The van der Waals surface area contributed by atoms with Gasteiger partial charge in [0.15, 0.2) is 5.16 Å². The predicted molar refractivity (Wildman–Crippen MR) is 132 cm³/mol. The number of allylic oxidation sites excluding steroid dienone is 1. The SMILES string of the molecule is C=CCn1c(CCNC(=O)c2ccc(OC)cc2)nnc1SCC(=O)Nc1cccc(C(=O)O)c1. The molecule has 0 aliphatic heterocycles. The number of carboxylic acids is 1. The molecule has 0 saturated carbocycles. The number of hydrogen-bond acceptors (Lipinski definition) is 7. The maximum absolute atomic E-state index is 12.4. The molecule has 0 aliphatic rings. The Kier molecular flexibility index (Phi) is 9.02. The Hall–Kier alpha value is -4.12. The summed E-state index contributed by atoms with van der Waals surface area (Å²) in [6, 6.07) is 12.8. The van der Waals surface area contributed by atoms with E-state index in [4.69, 9.17) is 9.84 Å². The molecule has 0 atom stereocenters. The number of ether oxygens (including phenoxy) is 1. The minimum atomic E-state index is -1.07. The van der Waals surface area contributed by atoms with Crippen LogP contribution in [0, 0.1) is 0 Å². The van der Waals surface area contributed by atoms with Crippen LogP contribution in [-0.4, -0.2) is 57.1 Å². The maximum atomic E-state index is 12.4. The van der Waals surface area contributed by atoms with Gasteiger partial charge in [-0.25, -0.2) is 4.79 Å². The van der Waals surface area contributed by atoms with Gasteiger partial charge < -0.3 is 25.0 Å². The van der Waals surface area contributed by atoms with Crippen LogP contribution in [0.2, 0.25) is 0 Å². The summed E-state index contributed by atoms with van der Waals surface area (Å²) < 4.78 is 6.93. The smallest absolute Gasteiger partial charge is 0.335 e. The topological polar surface area (TPSA) is 135 Å². The number of aromatic carboxylic acids is 1. The number of thioether (sulfide) groups is 1. The number of hydrogen-bond donors (Lipinski definition) is 3. The van der Waals surface area contributed by atoms with Crippen LogP contribution < -0.4 is 15.4 Å². The zero-order valence-corrected chi connectivity index (χ0v) is 19.9. The highest BCUT2D eigenvalue weighted by Gasteiger charge is 2.15. The fourth-order valence-electron chi connectivity index (χ4n) is 3.11. The van der Waals surface area contributed by atoms with Crippen LogP contribution in [0.4, 0.5) is 5.69 Å². The lowest BCUT2D eigenvalue weighted by Crippen LogP contribution is -2.26. The summed E-state index contributed by atoms with van der Waals surface area (Å²) in [4.78, 5) is 35.8. The van der Waals surface area contributed by atoms with Gasteiger partial charge in [-0.3, -0.25) is 9.59 Å². The molecule has 3 N–H and O–H groups in total. The summed E-state index contributed by atoms with van der Waals surface area (Å²) >= 11 is 1.20. The van der Waals surface area contributed by atoms with E-state index in [1.54, 1.807) is 49.6 Å². The normalized spacial score (nSPS) is 10.4. The summed E-state index contributed by atoms with van der Waals surface area (Å²) in [7, 11) is 1.56. The number of anilines is 1. The second-order valence-corrected chi connectivity index (χ2v) is 8.20. The standard InChI is InChI=1S/C24H25N5O5S/c1-3-13-29-20(11-12-25-22(31)16-7-9-19(34-2)10-8-16)27-28-24(29)35-15-21(30)26-18-6-4-5-17(14-18)23(32)33/h3-10,14H,1,11-13,15H2,2H3,(H,25,31)(H,26,30)(H,32,33). The number of benzene rings is 2. The highest BCUT2D eigenvalue weighted by Crippen LogP contribution is 2.19. The molecule has 0 radical (unpaired) electrons. The number of amides is 2. The van der Waals surface area contributed by atoms with E-state index in [-0.39, 0.29) is 23.1 Å². The molecule has 0 spiro atoms. The number of carbonyl (C=O) groups excluding carboxylic acids is 2. The van der Waals surface area contributed by atoms with E-state index in [0.29, 0.717) is 47.5 Å².